The van der Waals surface area contributed by atoms with Gasteiger partial charge in [-0.1, -0.05) is 95.0 Å². The Labute approximate surface area is 249 Å². The van der Waals surface area contributed by atoms with E-state index in [1.165, 1.54) is 76.2 Å². The van der Waals surface area contributed by atoms with Crippen LogP contribution in [0.5, 0.6) is 0 Å². The third kappa shape index (κ3) is 17.3. The molecule has 1 aromatic carbocycles. The predicted octanol–water partition coefficient (Wildman–Crippen LogP) is 3.81. The Bertz CT molecular complexity index is 705. The maximum Gasteiger partial charge on any atom is 1.00 e. The molecule has 37 heavy (non-hydrogen) atoms. The van der Waals surface area contributed by atoms with Crippen LogP contribution >= 0.6 is 0 Å². The largest absolute Gasteiger partial charge is 1.00 e. The maximum atomic E-state index is 11.5. The number of ether oxygens (including phenoxy) is 4. The van der Waals surface area contributed by atoms with Gasteiger partial charge in [0.1, 0.15) is 0 Å². The normalized spacial score (nSPS) is 11.6. The van der Waals surface area contributed by atoms with Gasteiger partial charge in [-0.3, -0.25) is 0 Å². The van der Waals surface area contributed by atoms with E-state index in [2.05, 4.69) is 37.3 Å². The predicted molar refractivity (Wildman–Crippen MR) is 145 cm³/mol. The van der Waals surface area contributed by atoms with Crippen molar-refractivity contribution in [3.63, 3.8) is 0 Å². The second-order valence-electron chi connectivity index (χ2n) is 8.58. The fourth-order valence-corrected chi connectivity index (χ4v) is 4.75. The van der Waals surface area contributed by atoms with Crippen LogP contribution in [0.3, 0.4) is 0 Å². The Kier molecular flexibility index (Phi) is 26.4. The van der Waals surface area contributed by atoms with E-state index >= 15 is 0 Å². The van der Waals surface area contributed by atoms with E-state index in [-0.39, 0.29) is 56.0 Å². The van der Waals surface area contributed by atoms with Crippen LogP contribution in [0.15, 0.2) is 30.3 Å². The van der Waals surface area contributed by atoms with Crippen molar-refractivity contribution in [1.82, 2.24) is 0 Å². The molecule has 0 radical (unpaired) electrons. The summed E-state index contributed by atoms with van der Waals surface area (Å²) in [7, 11) is -4.94. The Morgan fingerprint density at radius 2 is 1.14 bits per heavy atom. The minimum absolute atomic E-state index is 0. The third-order valence-corrected chi connectivity index (χ3v) is 6.75. The molecular formula is C28H51NaO7S. The van der Waals surface area contributed by atoms with Crippen LogP contribution < -0.4 is 29.6 Å². The van der Waals surface area contributed by atoms with Crippen molar-refractivity contribution in [1.29, 1.82) is 0 Å². The molecule has 1 rings (SSSR count). The van der Waals surface area contributed by atoms with E-state index in [1.54, 1.807) is 27.7 Å². The van der Waals surface area contributed by atoms with Crippen molar-refractivity contribution in [3.8, 4) is 0 Å². The fourth-order valence-electron chi connectivity index (χ4n) is 3.86. The second kappa shape index (κ2) is 25.0. The molecule has 1 aromatic rings. The van der Waals surface area contributed by atoms with Crippen LogP contribution in [-0.4, -0.2) is 50.8 Å². The van der Waals surface area contributed by atoms with Crippen LogP contribution in [-0.2, 0) is 35.5 Å². The van der Waals surface area contributed by atoms with Gasteiger partial charge in [0.15, 0.2) is 10.1 Å². The van der Waals surface area contributed by atoms with Crippen molar-refractivity contribution in [2.75, 3.05) is 26.4 Å². The molecule has 0 atom stereocenters. The van der Waals surface area contributed by atoms with Crippen molar-refractivity contribution in [2.24, 2.45) is 0 Å². The van der Waals surface area contributed by atoms with E-state index in [0.717, 1.165) is 0 Å². The number of hydrogen-bond acceptors (Lipinski definition) is 7. The van der Waals surface area contributed by atoms with Crippen molar-refractivity contribution in [2.45, 2.75) is 117 Å². The summed E-state index contributed by atoms with van der Waals surface area (Å²) in [5, 5.41) is -2.47. The average molecular weight is 555 g/mol. The first-order valence-electron chi connectivity index (χ1n) is 13.8. The number of benzene rings is 1. The minimum Gasteiger partial charge on any atom is -0.744 e. The first-order valence-corrected chi connectivity index (χ1v) is 15.2. The van der Waals surface area contributed by atoms with Gasteiger partial charge in [-0.05, 0) is 46.1 Å². The smallest absolute Gasteiger partial charge is 0.744 e. The van der Waals surface area contributed by atoms with Crippen LogP contribution in [0.4, 0.5) is 0 Å². The monoisotopic (exact) mass is 554 g/mol. The van der Waals surface area contributed by atoms with Gasteiger partial charge in [0.25, 0.3) is 0 Å². The first kappa shape index (κ1) is 39.1. The molecule has 0 heterocycles. The Balaban J connectivity index is 0. The molecule has 7 nitrogen and oxygen atoms in total. The summed E-state index contributed by atoms with van der Waals surface area (Å²) in [5.74, 6) is 0. The molecule has 9 heteroatoms. The van der Waals surface area contributed by atoms with E-state index in [4.69, 9.17) is 18.9 Å². The van der Waals surface area contributed by atoms with Gasteiger partial charge >= 0.3 is 34.7 Å². The SMILES string of the molecule is CCCCCCCCCCCCc1ccccc1.CCOC(OCC)C(OCC)(OCC)S(=O)(=O)[O-].[Na+]. The molecule has 0 fully saturated rings. The molecule has 212 valence electrons. The fraction of sp³-hybridized carbons (Fsp3) is 0.786. The molecule has 0 bridgehead atoms. The Morgan fingerprint density at radius 1 is 0.703 bits per heavy atom. The van der Waals surface area contributed by atoms with Crippen molar-refractivity contribution < 1.29 is 61.5 Å². The van der Waals surface area contributed by atoms with Gasteiger partial charge in [-0.25, -0.2) is 8.42 Å². The summed E-state index contributed by atoms with van der Waals surface area (Å²) >= 11 is 0. The number of hydrogen-bond donors (Lipinski definition) is 0. The molecule has 0 aromatic heterocycles. The standard InChI is InChI=1S/C18H30.C10H22O7S.Na/c1-2-3-4-5-6-7-8-9-10-12-15-18-16-13-11-14-17-18;1-5-14-9(15-6-2)10(16-7-3,17-8-4)18(11,12)13;/h11,13-14,16-17H,2-10,12,15H2,1H3;9H,5-8H2,1-4H3,(H,11,12,13);/q;;+1/p-1. The zero-order chi connectivity index (χ0) is 27.1. The van der Waals surface area contributed by atoms with Gasteiger partial charge in [0.2, 0.25) is 6.29 Å². The van der Waals surface area contributed by atoms with Crippen LogP contribution in [0, 0.1) is 0 Å². The third-order valence-electron chi connectivity index (χ3n) is 5.63. The zero-order valence-electron chi connectivity index (χ0n) is 24.3. The molecule has 0 N–H and O–H groups in total. The van der Waals surface area contributed by atoms with E-state index in [1.807, 2.05) is 0 Å². The van der Waals surface area contributed by atoms with Gasteiger partial charge in [0.05, 0.1) is 0 Å². The van der Waals surface area contributed by atoms with Gasteiger partial charge in [-0.15, -0.1) is 0 Å². The quantitative estimate of drug-likeness (QED) is 0.0987. The topological polar surface area (TPSA) is 94.1 Å². The molecule has 0 spiro atoms. The molecule has 0 aliphatic carbocycles. The maximum absolute atomic E-state index is 11.5. The summed E-state index contributed by atoms with van der Waals surface area (Å²) in [6.45, 7) is 8.92. The summed E-state index contributed by atoms with van der Waals surface area (Å²) < 4.78 is 54.7. The van der Waals surface area contributed by atoms with Crippen LogP contribution in [0.25, 0.3) is 0 Å². The van der Waals surface area contributed by atoms with Gasteiger partial charge in [0, 0.05) is 26.4 Å². The minimum atomic E-state index is -4.94. The molecule has 0 aliphatic rings. The molecular weight excluding hydrogens is 503 g/mol. The number of rotatable bonds is 21. The Hall–Kier alpha value is -0.0300. The van der Waals surface area contributed by atoms with Crippen molar-refractivity contribution >= 4 is 10.1 Å². The Morgan fingerprint density at radius 3 is 1.51 bits per heavy atom. The summed E-state index contributed by atoms with van der Waals surface area (Å²) in [4.78, 5) is 0. The summed E-state index contributed by atoms with van der Waals surface area (Å²) in [6, 6.07) is 10.9. The zero-order valence-corrected chi connectivity index (χ0v) is 27.2. The van der Waals surface area contributed by atoms with Gasteiger partial charge < -0.3 is 23.5 Å². The second-order valence-corrected chi connectivity index (χ2v) is 10.1. The van der Waals surface area contributed by atoms with Crippen molar-refractivity contribution in [3.05, 3.63) is 35.9 Å². The van der Waals surface area contributed by atoms with E-state index in [0.29, 0.717) is 0 Å². The van der Waals surface area contributed by atoms with E-state index in [9.17, 15) is 13.0 Å². The molecule has 0 unspecified atom stereocenters. The first-order chi connectivity index (χ1) is 17.3. The van der Waals surface area contributed by atoms with E-state index < -0.39 is 21.5 Å². The summed E-state index contributed by atoms with van der Waals surface area (Å²) in [5.41, 5.74) is 1.50. The molecule has 0 amide bonds. The number of aryl methyl sites for hydroxylation is 1. The van der Waals surface area contributed by atoms with Crippen LogP contribution in [0.1, 0.15) is 104 Å². The molecule has 0 aliphatic heterocycles. The van der Waals surface area contributed by atoms with Crippen LogP contribution in [0.2, 0.25) is 0 Å². The molecule has 0 saturated carbocycles. The molecule has 0 saturated heterocycles. The summed E-state index contributed by atoms with van der Waals surface area (Å²) in [6.07, 6.45) is 14.1. The number of unbranched alkanes of at least 4 members (excludes halogenated alkanes) is 9. The van der Waals surface area contributed by atoms with Gasteiger partial charge in [-0.2, -0.15) is 0 Å². The average Bonchev–Trinajstić information content (AvgIpc) is 2.85.